The largest absolute Gasteiger partial charge is 0.478 e. The van der Waals surface area contributed by atoms with E-state index in [2.05, 4.69) is 5.32 Å². The van der Waals surface area contributed by atoms with Crippen molar-refractivity contribution in [3.63, 3.8) is 0 Å². The molecule has 2 N–H and O–H groups in total. The van der Waals surface area contributed by atoms with Gasteiger partial charge in [-0.25, -0.2) is 4.79 Å². The van der Waals surface area contributed by atoms with E-state index in [0.29, 0.717) is 17.9 Å². The molecule has 0 spiro atoms. The standard InChI is InChI=1S/C12H17NO5/c1-4-10(17-3)11(14)13-6-8-5-9(12(15)16)7(2)18-8/h5,10H,4,6H2,1-3H3,(H,13,14)(H,15,16). The predicted octanol–water partition coefficient (Wildman–Crippen LogP) is 1.33. The smallest absolute Gasteiger partial charge is 0.339 e. The molecule has 0 bridgehead atoms. The van der Waals surface area contributed by atoms with Gasteiger partial charge in [0.25, 0.3) is 0 Å². The lowest BCUT2D eigenvalue weighted by Gasteiger charge is -2.12. The Hall–Kier alpha value is -1.82. The number of amides is 1. The third-order valence-electron chi connectivity index (χ3n) is 2.58. The normalized spacial score (nSPS) is 12.2. The number of methoxy groups -OCH3 is 1. The van der Waals surface area contributed by atoms with Crippen LogP contribution in [0.15, 0.2) is 10.5 Å². The van der Waals surface area contributed by atoms with E-state index < -0.39 is 12.1 Å². The number of ether oxygens (including phenoxy) is 1. The maximum Gasteiger partial charge on any atom is 0.339 e. The molecule has 0 aromatic carbocycles. The van der Waals surface area contributed by atoms with E-state index in [0.717, 1.165) is 0 Å². The van der Waals surface area contributed by atoms with Crippen molar-refractivity contribution in [2.45, 2.75) is 32.9 Å². The van der Waals surface area contributed by atoms with Gasteiger partial charge >= 0.3 is 5.97 Å². The fraction of sp³-hybridized carbons (Fsp3) is 0.500. The van der Waals surface area contributed by atoms with E-state index in [1.54, 1.807) is 6.92 Å². The molecule has 1 rings (SSSR count). The summed E-state index contributed by atoms with van der Waals surface area (Å²) in [7, 11) is 1.47. The molecule has 1 aromatic heterocycles. The van der Waals surface area contributed by atoms with Gasteiger partial charge in [0.1, 0.15) is 23.2 Å². The van der Waals surface area contributed by atoms with E-state index in [-0.39, 0.29) is 18.0 Å². The van der Waals surface area contributed by atoms with Crippen molar-refractivity contribution < 1.29 is 23.8 Å². The molecule has 0 aliphatic heterocycles. The van der Waals surface area contributed by atoms with Gasteiger partial charge in [0.15, 0.2) is 0 Å². The Balaban J connectivity index is 2.61. The predicted molar refractivity (Wildman–Crippen MR) is 63.3 cm³/mol. The summed E-state index contributed by atoms with van der Waals surface area (Å²) in [6.07, 6.45) is 0.0693. The van der Waals surface area contributed by atoms with Crippen molar-refractivity contribution in [3.05, 3.63) is 23.2 Å². The molecule has 1 heterocycles. The number of carbonyl (C=O) groups excluding carboxylic acids is 1. The molecule has 1 unspecified atom stereocenters. The van der Waals surface area contributed by atoms with Gasteiger partial charge in [0, 0.05) is 7.11 Å². The fourth-order valence-electron chi connectivity index (χ4n) is 1.59. The van der Waals surface area contributed by atoms with E-state index in [1.165, 1.54) is 13.2 Å². The van der Waals surface area contributed by atoms with Crippen LogP contribution in [0.2, 0.25) is 0 Å². The second-order valence-corrected chi connectivity index (χ2v) is 3.84. The second-order valence-electron chi connectivity index (χ2n) is 3.84. The Morgan fingerprint density at radius 2 is 2.22 bits per heavy atom. The number of aryl methyl sites for hydroxylation is 1. The highest BCUT2D eigenvalue weighted by Gasteiger charge is 2.17. The Kier molecular flexibility index (Phi) is 4.91. The molecular formula is C12H17NO5. The summed E-state index contributed by atoms with van der Waals surface area (Å²) < 4.78 is 10.2. The van der Waals surface area contributed by atoms with Crippen LogP contribution in [-0.2, 0) is 16.1 Å². The molecule has 0 aliphatic rings. The number of aromatic carboxylic acids is 1. The Bertz CT molecular complexity index is 434. The highest BCUT2D eigenvalue weighted by atomic mass is 16.5. The van der Waals surface area contributed by atoms with Crippen LogP contribution in [0.25, 0.3) is 0 Å². The van der Waals surface area contributed by atoms with Crippen LogP contribution in [0.1, 0.15) is 35.2 Å². The lowest BCUT2D eigenvalue weighted by molar-refractivity contribution is -0.131. The van der Waals surface area contributed by atoms with Crippen molar-refractivity contribution >= 4 is 11.9 Å². The highest BCUT2D eigenvalue weighted by molar-refractivity contribution is 5.88. The van der Waals surface area contributed by atoms with Crippen LogP contribution >= 0.6 is 0 Å². The van der Waals surface area contributed by atoms with E-state index >= 15 is 0 Å². The molecule has 18 heavy (non-hydrogen) atoms. The molecule has 0 saturated carbocycles. The first-order valence-electron chi connectivity index (χ1n) is 5.62. The fourth-order valence-corrected chi connectivity index (χ4v) is 1.59. The van der Waals surface area contributed by atoms with Crippen molar-refractivity contribution in [1.82, 2.24) is 5.32 Å². The van der Waals surface area contributed by atoms with Crippen LogP contribution < -0.4 is 5.32 Å². The maximum atomic E-state index is 11.6. The number of nitrogens with one attached hydrogen (secondary N) is 1. The minimum Gasteiger partial charge on any atom is -0.478 e. The zero-order valence-corrected chi connectivity index (χ0v) is 10.6. The third-order valence-corrected chi connectivity index (χ3v) is 2.58. The molecule has 1 amide bonds. The van der Waals surface area contributed by atoms with Crippen LogP contribution in [-0.4, -0.2) is 30.2 Å². The van der Waals surface area contributed by atoms with Crippen LogP contribution in [0.5, 0.6) is 0 Å². The molecule has 1 aromatic rings. The summed E-state index contributed by atoms with van der Waals surface area (Å²) >= 11 is 0. The zero-order chi connectivity index (χ0) is 13.7. The minimum absolute atomic E-state index is 0.109. The van der Waals surface area contributed by atoms with Crippen molar-refractivity contribution in [3.8, 4) is 0 Å². The van der Waals surface area contributed by atoms with Gasteiger partial charge < -0.3 is 19.6 Å². The molecule has 1 atom stereocenters. The minimum atomic E-state index is -1.04. The average molecular weight is 255 g/mol. The lowest BCUT2D eigenvalue weighted by Crippen LogP contribution is -2.34. The maximum absolute atomic E-state index is 11.6. The number of furan rings is 1. The van der Waals surface area contributed by atoms with Crippen LogP contribution in [0.3, 0.4) is 0 Å². The monoisotopic (exact) mass is 255 g/mol. The van der Waals surface area contributed by atoms with Gasteiger partial charge in [-0.05, 0) is 19.4 Å². The van der Waals surface area contributed by atoms with Gasteiger partial charge in [-0.2, -0.15) is 0 Å². The van der Waals surface area contributed by atoms with Crippen molar-refractivity contribution in [2.24, 2.45) is 0 Å². The number of hydrogen-bond acceptors (Lipinski definition) is 4. The SMILES string of the molecule is CCC(OC)C(=O)NCc1cc(C(=O)O)c(C)o1. The first-order valence-corrected chi connectivity index (χ1v) is 5.62. The molecule has 6 nitrogen and oxygen atoms in total. The first kappa shape index (κ1) is 14.2. The average Bonchev–Trinajstić information content (AvgIpc) is 2.69. The summed E-state index contributed by atoms with van der Waals surface area (Å²) in [5, 5.41) is 11.5. The number of carboxylic acids is 1. The molecule has 0 radical (unpaired) electrons. The highest BCUT2D eigenvalue weighted by Crippen LogP contribution is 2.14. The summed E-state index contributed by atoms with van der Waals surface area (Å²) in [4.78, 5) is 22.4. The molecule has 0 aliphatic carbocycles. The summed E-state index contributed by atoms with van der Waals surface area (Å²) in [5.41, 5.74) is 0.109. The lowest BCUT2D eigenvalue weighted by atomic mass is 10.2. The number of carboxylic acid groups (broad SMARTS) is 1. The Morgan fingerprint density at radius 1 is 1.56 bits per heavy atom. The van der Waals surface area contributed by atoms with Crippen molar-refractivity contribution in [2.75, 3.05) is 7.11 Å². The Labute approximate surface area is 105 Å². The number of carbonyl (C=O) groups is 2. The van der Waals surface area contributed by atoms with Gasteiger partial charge in [0.2, 0.25) is 5.91 Å². The molecule has 6 heteroatoms. The van der Waals surface area contributed by atoms with Gasteiger partial charge in [-0.15, -0.1) is 0 Å². The van der Waals surface area contributed by atoms with Crippen molar-refractivity contribution in [1.29, 1.82) is 0 Å². The zero-order valence-electron chi connectivity index (χ0n) is 10.6. The third kappa shape index (κ3) is 3.33. The summed E-state index contributed by atoms with van der Waals surface area (Å²) in [6, 6.07) is 1.41. The van der Waals surface area contributed by atoms with Gasteiger partial charge in [0.05, 0.1) is 6.54 Å². The van der Waals surface area contributed by atoms with E-state index in [9.17, 15) is 9.59 Å². The summed E-state index contributed by atoms with van der Waals surface area (Å²) in [6.45, 7) is 3.55. The van der Waals surface area contributed by atoms with Crippen LogP contribution in [0.4, 0.5) is 0 Å². The molecule has 0 saturated heterocycles. The molecule has 100 valence electrons. The van der Waals surface area contributed by atoms with Gasteiger partial charge in [-0.3, -0.25) is 4.79 Å². The molecular weight excluding hydrogens is 238 g/mol. The quantitative estimate of drug-likeness (QED) is 0.800. The topological polar surface area (TPSA) is 88.8 Å². The van der Waals surface area contributed by atoms with Crippen LogP contribution in [0, 0.1) is 6.92 Å². The second kappa shape index (κ2) is 6.20. The number of rotatable bonds is 6. The number of hydrogen-bond donors (Lipinski definition) is 2. The molecule has 0 fully saturated rings. The van der Waals surface area contributed by atoms with Gasteiger partial charge in [-0.1, -0.05) is 6.92 Å². The van der Waals surface area contributed by atoms with E-state index in [4.69, 9.17) is 14.3 Å². The first-order chi connectivity index (χ1) is 8.49. The van der Waals surface area contributed by atoms with E-state index in [1.807, 2.05) is 6.92 Å². The Morgan fingerprint density at radius 3 is 2.67 bits per heavy atom. The summed E-state index contributed by atoms with van der Waals surface area (Å²) in [5.74, 6) is -0.558.